The first kappa shape index (κ1) is 15.7. The average Bonchev–Trinajstić information content (AvgIpc) is 2.23. The summed E-state index contributed by atoms with van der Waals surface area (Å²) in [5, 5.41) is 0. The molecule has 8 heteroatoms. The lowest BCUT2D eigenvalue weighted by Crippen LogP contribution is -2.20. The van der Waals surface area contributed by atoms with E-state index in [9.17, 15) is 30.7 Å². The van der Waals surface area contributed by atoms with Crippen molar-refractivity contribution in [2.24, 2.45) is 5.73 Å². The molecule has 0 saturated carbocycles. The Balaban J connectivity index is 3.01. The summed E-state index contributed by atoms with van der Waals surface area (Å²) in [5.74, 6) is -0.981. The van der Waals surface area contributed by atoms with E-state index in [2.05, 4.69) is 0 Å². The van der Waals surface area contributed by atoms with Gasteiger partial charge in [0.25, 0.3) is 0 Å². The van der Waals surface area contributed by atoms with Gasteiger partial charge in [0.05, 0.1) is 5.56 Å². The van der Waals surface area contributed by atoms with E-state index in [4.69, 9.17) is 5.73 Å². The Bertz CT molecular complexity index is 436. The van der Waals surface area contributed by atoms with Crippen LogP contribution in [0.15, 0.2) is 18.2 Å². The van der Waals surface area contributed by atoms with E-state index in [1.54, 1.807) is 0 Å². The van der Waals surface area contributed by atoms with Crippen LogP contribution in [-0.2, 0) is 6.18 Å². The lowest BCUT2D eigenvalue weighted by atomic mass is 9.97. The minimum atomic E-state index is -4.79. The number of nitrogens with two attached hydrogens (primary N) is 1. The predicted octanol–water partition coefficient (Wildman–Crippen LogP) is 4.19. The molecule has 0 amide bonds. The second-order valence-electron chi connectivity index (χ2n) is 3.99. The van der Waals surface area contributed by atoms with Crippen molar-refractivity contribution < 1.29 is 30.7 Å². The zero-order valence-electron chi connectivity index (χ0n) is 9.45. The van der Waals surface area contributed by atoms with Crippen LogP contribution in [0.5, 0.6) is 0 Å². The molecule has 0 radical (unpaired) electrons. The summed E-state index contributed by atoms with van der Waals surface area (Å²) in [6.45, 7) is 0. The van der Waals surface area contributed by atoms with Crippen LogP contribution in [0, 0.1) is 5.82 Å². The molecule has 0 spiro atoms. The second kappa shape index (κ2) is 5.36. The van der Waals surface area contributed by atoms with Crippen molar-refractivity contribution in [3.05, 3.63) is 35.1 Å². The first-order valence-electron chi connectivity index (χ1n) is 5.19. The van der Waals surface area contributed by atoms with Crippen LogP contribution in [0.2, 0.25) is 0 Å². The standard InChI is InChI=1S/C11H10F7N/c12-6-1-2-8(11(16,17)18)7(5-6)9(19)3-4-10(13,14)15/h1-2,5,9H,3-4,19H2. The van der Waals surface area contributed by atoms with Gasteiger partial charge in [-0.15, -0.1) is 0 Å². The second-order valence-corrected chi connectivity index (χ2v) is 3.99. The van der Waals surface area contributed by atoms with Gasteiger partial charge in [0, 0.05) is 12.5 Å². The third kappa shape index (κ3) is 4.70. The molecule has 0 aliphatic heterocycles. The van der Waals surface area contributed by atoms with Crippen LogP contribution < -0.4 is 5.73 Å². The van der Waals surface area contributed by atoms with Gasteiger partial charge in [0.1, 0.15) is 5.82 Å². The fourth-order valence-corrected chi connectivity index (χ4v) is 1.57. The molecular weight excluding hydrogens is 279 g/mol. The fraction of sp³-hybridized carbons (Fsp3) is 0.455. The summed E-state index contributed by atoms with van der Waals surface area (Å²) >= 11 is 0. The van der Waals surface area contributed by atoms with Crippen molar-refractivity contribution in [2.45, 2.75) is 31.2 Å². The van der Waals surface area contributed by atoms with Crippen molar-refractivity contribution in [3.8, 4) is 0 Å². The maximum atomic E-state index is 12.9. The number of benzene rings is 1. The first-order valence-corrected chi connectivity index (χ1v) is 5.19. The van der Waals surface area contributed by atoms with Crippen LogP contribution in [0.4, 0.5) is 30.7 Å². The Kier molecular flexibility index (Phi) is 4.44. The molecule has 0 aromatic heterocycles. The van der Waals surface area contributed by atoms with Crippen molar-refractivity contribution >= 4 is 0 Å². The first-order chi connectivity index (χ1) is 8.50. The minimum Gasteiger partial charge on any atom is -0.324 e. The Morgan fingerprint density at radius 2 is 1.63 bits per heavy atom. The molecule has 1 unspecified atom stereocenters. The van der Waals surface area contributed by atoms with E-state index >= 15 is 0 Å². The average molecular weight is 289 g/mol. The predicted molar refractivity (Wildman–Crippen MR) is 53.6 cm³/mol. The van der Waals surface area contributed by atoms with Crippen LogP contribution in [0.3, 0.4) is 0 Å². The molecule has 0 saturated heterocycles. The van der Waals surface area contributed by atoms with Crippen LogP contribution >= 0.6 is 0 Å². The molecule has 1 aromatic carbocycles. The molecule has 0 aliphatic carbocycles. The summed E-state index contributed by atoms with van der Waals surface area (Å²) in [6.07, 6.45) is -11.4. The maximum Gasteiger partial charge on any atom is 0.416 e. The van der Waals surface area contributed by atoms with Gasteiger partial charge >= 0.3 is 12.4 Å². The van der Waals surface area contributed by atoms with Gasteiger partial charge in [0.15, 0.2) is 0 Å². The van der Waals surface area contributed by atoms with Gasteiger partial charge in [-0.1, -0.05) is 0 Å². The minimum absolute atomic E-state index is 0.470. The number of rotatable bonds is 3. The number of halogens is 7. The molecule has 19 heavy (non-hydrogen) atoms. The summed E-state index contributed by atoms with van der Waals surface area (Å²) in [4.78, 5) is 0. The molecule has 1 rings (SSSR count). The topological polar surface area (TPSA) is 26.0 Å². The van der Waals surface area contributed by atoms with Crippen LogP contribution in [-0.4, -0.2) is 6.18 Å². The highest BCUT2D eigenvalue weighted by atomic mass is 19.4. The van der Waals surface area contributed by atoms with Crippen LogP contribution in [0.1, 0.15) is 30.0 Å². The van der Waals surface area contributed by atoms with Crippen LogP contribution in [0.25, 0.3) is 0 Å². The highest BCUT2D eigenvalue weighted by Crippen LogP contribution is 2.36. The summed E-state index contributed by atoms with van der Waals surface area (Å²) in [6, 6.07) is 0.0408. The zero-order valence-corrected chi connectivity index (χ0v) is 9.45. The summed E-state index contributed by atoms with van der Waals surface area (Å²) in [7, 11) is 0. The Labute approximate surface area is 104 Å². The molecule has 2 N–H and O–H groups in total. The molecule has 0 fully saturated rings. The monoisotopic (exact) mass is 289 g/mol. The van der Waals surface area contributed by atoms with Gasteiger partial charge in [-0.05, 0) is 30.2 Å². The Morgan fingerprint density at radius 1 is 1.05 bits per heavy atom. The van der Waals surface area contributed by atoms with Gasteiger partial charge in [-0.2, -0.15) is 26.3 Å². The number of hydrogen-bond acceptors (Lipinski definition) is 1. The lowest BCUT2D eigenvalue weighted by Gasteiger charge is -2.19. The van der Waals surface area contributed by atoms with Crippen molar-refractivity contribution in [3.63, 3.8) is 0 Å². The molecule has 108 valence electrons. The van der Waals surface area contributed by atoms with E-state index in [0.29, 0.717) is 18.2 Å². The van der Waals surface area contributed by atoms with E-state index in [0.717, 1.165) is 0 Å². The highest BCUT2D eigenvalue weighted by Gasteiger charge is 2.36. The maximum absolute atomic E-state index is 12.9. The van der Waals surface area contributed by atoms with E-state index in [1.807, 2.05) is 0 Å². The molecule has 0 aliphatic rings. The quantitative estimate of drug-likeness (QED) is 0.830. The van der Waals surface area contributed by atoms with Crippen molar-refractivity contribution in [2.75, 3.05) is 0 Å². The smallest absolute Gasteiger partial charge is 0.324 e. The Morgan fingerprint density at radius 3 is 2.11 bits per heavy atom. The number of alkyl halides is 6. The summed E-state index contributed by atoms with van der Waals surface area (Å²) < 4.78 is 86.7. The molecule has 1 nitrogen and oxygen atoms in total. The van der Waals surface area contributed by atoms with E-state index < -0.39 is 48.2 Å². The highest BCUT2D eigenvalue weighted by molar-refractivity contribution is 5.32. The van der Waals surface area contributed by atoms with Gasteiger partial charge in [0.2, 0.25) is 0 Å². The molecule has 0 heterocycles. The normalized spacial score (nSPS) is 14.5. The summed E-state index contributed by atoms with van der Waals surface area (Å²) in [5.41, 5.74) is 3.41. The lowest BCUT2D eigenvalue weighted by molar-refractivity contribution is -0.139. The number of hydrogen-bond donors (Lipinski definition) is 1. The van der Waals surface area contributed by atoms with Gasteiger partial charge < -0.3 is 5.73 Å². The largest absolute Gasteiger partial charge is 0.416 e. The van der Waals surface area contributed by atoms with Crippen molar-refractivity contribution in [1.82, 2.24) is 0 Å². The van der Waals surface area contributed by atoms with Crippen molar-refractivity contribution in [1.29, 1.82) is 0 Å². The fourth-order valence-electron chi connectivity index (χ4n) is 1.57. The third-order valence-corrected chi connectivity index (χ3v) is 2.46. The van der Waals surface area contributed by atoms with E-state index in [1.165, 1.54) is 0 Å². The molecular formula is C11H10F7N. The molecule has 1 aromatic rings. The zero-order chi connectivity index (χ0) is 14.8. The molecule has 0 bridgehead atoms. The Hall–Kier alpha value is -1.31. The van der Waals surface area contributed by atoms with Gasteiger partial charge in [-0.25, -0.2) is 4.39 Å². The SMILES string of the molecule is NC(CCC(F)(F)F)c1cc(F)ccc1C(F)(F)F. The third-order valence-electron chi connectivity index (χ3n) is 2.46. The molecule has 1 atom stereocenters. The van der Waals surface area contributed by atoms with E-state index in [-0.39, 0.29) is 0 Å². The van der Waals surface area contributed by atoms with Gasteiger partial charge in [-0.3, -0.25) is 0 Å².